The fraction of sp³-hybridized carbons (Fsp3) is 0.400. The van der Waals surface area contributed by atoms with Crippen molar-refractivity contribution < 1.29 is 9.90 Å². The van der Waals surface area contributed by atoms with E-state index in [-0.39, 0.29) is 18.7 Å². The van der Waals surface area contributed by atoms with Crippen LogP contribution in [-0.2, 0) is 0 Å². The predicted octanol–water partition coefficient (Wildman–Crippen LogP) is 2.34. The number of aromatic nitrogens is 1. The Labute approximate surface area is 113 Å². The summed E-state index contributed by atoms with van der Waals surface area (Å²) in [6.07, 6.45) is 3.00. The second-order valence-corrected chi connectivity index (χ2v) is 4.79. The van der Waals surface area contributed by atoms with Gasteiger partial charge in [0, 0.05) is 13.2 Å². The normalized spacial score (nSPS) is 12.1. The van der Waals surface area contributed by atoms with Crippen molar-refractivity contribution in [3.8, 4) is 0 Å². The largest absolute Gasteiger partial charge is 0.394 e. The van der Waals surface area contributed by atoms with Crippen molar-refractivity contribution in [2.75, 3.05) is 19.0 Å². The van der Waals surface area contributed by atoms with E-state index in [1.54, 1.807) is 14.0 Å². The maximum absolute atomic E-state index is 11.8. The molecule has 1 atom stereocenters. The molecule has 0 bridgehead atoms. The zero-order valence-electron chi connectivity index (χ0n) is 9.44. The molecule has 1 unspecified atom stereocenters. The zero-order valence-corrected chi connectivity index (χ0v) is 11.8. The van der Waals surface area contributed by atoms with Crippen molar-refractivity contribution in [3.63, 3.8) is 0 Å². The van der Waals surface area contributed by atoms with E-state index in [1.165, 1.54) is 17.3 Å². The van der Waals surface area contributed by atoms with E-state index in [2.05, 4.69) is 26.2 Å². The van der Waals surface area contributed by atoms with Gasteiger partial charge in [-0.3, -0.25) is 4.98 Å². The van der Waals surface area contributed by atoms with Crippen molar-refractivity contribution in [3.05, 3.63) is 21.9 Å². The molecule has 0 aliphatic heterocycles. The first-order valence-electron chi connectivity index (χ1n) is 4.91. The lowest BCUT2D eigenvalue weighted by molar-refractivity contribution is 0.166. The van der Waals surface area contributed by atoms with E-state index in [4.69, 9.17) is 16.7 Å². The number of nitrogens with zero attached hydrogens (tertiary/aromatic N) is 2. The zero-order chi connectivity index (χ0) is 13.0. The number of urea groups is 1. The Morgan fingerprint density at radius 2 is 2.35 bits per heavy atom. The molecule has 2 amide bonds. The van der Waals surface area contributed by atoms with E-state index in [0.29, 0.717) is 15.2 Å². The molecule has 1 aromatic rings. The number of anilines is 1. The summed E-state index contributed by atoms with van der Waals surface area (Å²) in [5.74, 6) is 0. The van der Waals surface area contributed by atoms with Crippen LogP contribution in [0.1, 0.15) is 6.92 Å². The van der Waals surface area contributed by atoms with Gasteiger partial charge in [0.05, 0.1) is 34.0 Å². The molecule has 7 heteroatoms. The third kappa shape index (κ3) is 3.55. The average molecular weight is 323 g/mol. The third-order valence-electron chi connectivity index (χ3n) is 2.32. The predicted molar refractivity (Wildman–Crippen MR) is 70.3 cm³/mol. The van der Waals surface area contributed by atoms with Gasteiger partial charge < -0.3 is 15.3 Å². The number of carbonyl (C=O) groups is 1. The van der Waals surface area contributed by atoms with Crippen molar-refractivity contribution in [2.45, 2.75) is 13.0 Å². The first-order valence-corrected chi connectivity index (χ1v) is 6.08. The van der Waals surface area contributed by atoms with Gasteiger partial charge in [-0.25, -0.2) is 4.79 Å². The maximum atomic E-state index is 11.8. The minimum Gasteiger partial charge on any atom is -0.394 e. The highest BCUT2D eigenvalue weighted by Gasteiger charge is 2.16. The van der Waals surface area contributed by atoms with Gasteiger partial charge in [0.15, 0.2) is 0 Å². The Hall–Kier alpha value is -0.850. The number of hydrogen-bond acceptors (Lipinski definition) is 3. The van der Waals surface area contributed by atoms with E-state index >= 15 is 0 Å². The molecule has 94 valence electrons. The number of aliphatic hydroxyl groups excluding tert-OH is 1. The molecule has 1 rings (SSSR count). The molecule has 0 fully saturated rings. The fourth-order valence-electron chi connectivity index (χ4n) is 1.03. The van der Waals surface area contributed by atoms with Crippen molar-refractivity contribution in [1.82, 2.24) is 9.88 Å². The summed E-state index contributed by atoms with van der Waals surface area (Å²) in [6, 6.07) is -0.623. The molecule has 0 saturated carbocycles. The second kappa shape index (κ2) is 6.18. The van der Waals surface area contributed by atoms with E-state index in [1.807, 2.05) is 0 Å². The smallest absolute Gasteiger partial charge is 0.321 e. The van der Waals surface area contributed by atoms with Crippen LogP contribution in [0.4, 0.5) is 10.5 Å². The Morgan fingerprint density at radius 3 is 2.94 bits per heavy atom. The van der Waals surface area contributed by atoms with Crippen LogP contribution in [0.5, 0.6) is 0 Å². The lowest BCUT2D eigenvalue weighted by atomic mass is 10.3. The molecule has 2 N–H and O–H groups in total. The molecule has 1 aromatic heterocycles. The number of amides is 2. The van der Waals surface area contributed by atoms with Crippen LogP contribution >= 0.6 is 27.5 Å². The molecule has 1 heterocycles. The number of halogens is 2. The molecule has 0 saturated heterocycles. The van der Waals surface area contributed by atoms with Crippen LogP contribution in [0.3, 0.4) is 0 Å². The van der Waals surface area contributed by atoms with Gasteiger partial charge in [0.25, 0.3) is 0 Å². The molecule has 0 aliphatic rings. The summed E-state index contributed by atoms with van der Waals surface area (Å²) in [5, 5.41) is 12.0. The number of likely N-dealkylation sites (N-methyl/N-ethyl adjacent to an activating group) is 1. The third-order valence-corrected chi connectivity index (χ3v) is 3.56. The summed E-state index contributed by atoms with van der Waals surface area (Å²) in [7, 11) is 1.59. The molecule has 5 nitrogen and oxygen atoms in total. The highest BCUT2D eigenvalue weighted by atomic mass is 79.9. The van der Waals surface area contributed by atoms with Crippen LogP contribution in [0.2, 0.25) is 5.02 Å². The van der Waals surface area contributed by atoms with Crippen LogP contribution in [-0.4, -0.2) is 40.7 Å². The van der Waals surface area contributed by atoms with Crippen LogP contribution in [0.25, 0.3) is 0 Å². The fourth-order valence-corrected chi connectivity index (χ4v) is 1.51. The van der Waals surface area contributed by atoms with Crippen LogP contribution in [0.15, 0.2) is 16.9 Å². The van der Waals surface area contributed by atoms with Crippen molar-refractivity contribution >= 4 is 39.2 Å². The lowest BCUT2D eigenvalue weighted by Gasteiger charge is -2.23. The van der Waals surface area contributed by atoms with Gasteiger partial charge in [0.2, 0.25) is 0 Å². The minimum absolute atomic E-state index is 0.103. The number of aliphatic hydroxyl groups is 1. The molecule has 0 spiro atoms. The van der Waals surface area contributed by atoms with Crippen LogP contribution < -0.4 is 5.32 Å². The highest BCUT2D eigenvalue weighted by molar-refractivity contribution is 9.10. The molecule has 0 radical (unpaired) electrons. The molecule has 0 aliphatic carbocycles. The van der Waals surface area contributed by atoms with Gasteiger partial charge in [0.1, 0.15) is 0 Å². The van der Waals surface area contributed by atoms with Gasteiger partial charge in [-0.15, -0.1) is 0 Å². The second-order valence-electron chi connectivity index (χ2n) is 3.56. The Morgan fingerprint density at radius 1 is 1.71 bits per heavy atom. The van der Waals surface area contributed by atoms with Gasteiger partial charge >= 0.3 is 6.03 Å². The first kappa shape index (κ1) is 14.2. The standard InChI is InChI=1S/C10H13BrClN3O2/c1-6(5-16)15(2)10(17)14-8-4-13-3-7(11)9(8)12/h3-4,6,16H,5H2,1-2H3,(H,14,17). The number of rotatable bonds is 3. The van der Waals surface area contributed by atoms with Gasteiger partial charge in [-0.05, 0) is 22.9 Å². The number of pyridine rings is 1. The number of nitrogens with one attached hydrogen (secondary N) is 1. The monoisotopic (exact) mass is 321 g/mol. The van der Waals surface area contributed by atoms with Crippen molar-refractivity contribution in [2.24, 2.45) is 0 Å². The van der Waals surface area contributed by atoms with Crippen LogP contribution in [0, 0.1) is 0 Å². The first-order chi connectivity index (χ1) is 7.97. The topological polar surface area (TPSA) is 65.5 Å². The summed E-state index contributed by atoms with van der Waals surface area (Å²) in [5.41, 5.74) is 0.419. The number of carbonyl (C=O) groups excluding carboxylic acids is 1. The maximum Gasteiger partial charge on any atom is 0.321 e. The summed E-state index contributed by atoms with van der Waals surface area (Å²) >= 11 is 9.20. The van der Waals surface area contributed by atoms with E-state index in [9.17, 15) is 4.79 Å². The Balaban J connectivity index is 2.78. The summed E-state index contributed by atoms with van der Waals surface area (Å²) < 4.78 is 0.606. The Bertz CT molecular complexity index is 417. The molecule has 17 heavy (non-hydrogen) atoms. The minimum atomic E-state index is -0.353. The van der Waals surface area contributed by atoms with E-state index < -0.39 is 0 Å². The molecule has 0 aromatic carbocycles. The molecular formula is C10H13BrClN3O2. The van der Waals surface area contributed by atoms with Gasteiger partial charge in [-0.1, -0.05) is 11.6 Å². The average Bonchev–Trinajstić information content (AvgIpc) is 2.32. The molecular weight excluding hydrogens is 309 g/mol. The summed E-state index contributed by atoms with van der Waals surface area (Å²) in [4.78, 5) is 17.1. The lowest BCUT2D eigenvalue weighted by Crippen LogP contribution is -2.40. The number of hydrogen-bond donors (Lipinski definition) is 2. The summed E-state index contributed by atoms with van der Waals surface area (Å²) in [6.45, 7) is 1.63. The highest BCUT2D eigenvalue weighted by Crippen LogP contribution is 2.28. The van der Waals surface area contributed by atoms with E-state index in [0.717, 1.165) is 0 Å². The SMILES string of the molecule is CC(CO)N(C)C(=O)Nc1cncc(Br)c1Cl. The van der Waals surface area contributed by atoms with Gasteiger partial charge in [-0.2, -0.15) is 0 Å². The Kier molecular flexibility index (Phi) is 5.17. The van der Waals surface area contributed by atoms with Crippen molar-refractivity contribution in [1.29, 1.82) is 0 Å². The quantitative estimate of drug-likeness (QED) is 0.897.